The van der Waals surface area contributed by atoms with Crippen molar-refractivity contribution < 1.29 is 22.8 Å². The molecule has 2 rings (SSSR count). The highest BCUT2D eigenvalue weighted by molar-refractivity contribution is 5.79. The smallest absolute Gasteiger partial charge is 0.352 e. The number of carbonyl (C=O) groups excluding carboxylic acids is 2. The number of pyridine rings is 1. The van der Waals surface area contributed by atoms with E-state index in [0.717, 1.165) is 5.56 Å². The lowest BCUT2D eigenvalue weighted by Gasteiger charge is -2.22. The SMILES string of the molecule is CN1C[C@@H](NC(=O)CC(F)(F)F)CC[C@@H](C(=O)NCc2cccnc2)C1. The maximum Gasteiger partial charge on any atom is 0.397 e. The van der Waals surface area contributed by atoms with Crippen molar-refractivity contribution in [3.05, 3.63) is 30.1 Å². The van der Waals surface area contributed by atoms with E-state index in [4.69, 9.17) is 0 Å². The molecule has 1 aliphatic heterocycles. The van der Waals surface area contributed by atoms with E-state index in [1.165, 1.54) is 0 Å². The summed E-state index contributed by atoms with van der Waals surface area (Å²) in [7, 11) is 1.79. The van der Waals surface area contributed by atoms with Crippen molar-refractivity contribution in [1.29, 1.82) is 0 Å². The Morgan fingerprint density at radius 2 is 2.08 bits per heavy atom. The van der Waals surface area contributed by atoms with Crippen molar-refractivity contribution in [2.75, 3.05) is 20.1 Å². The van der Waals surface area contributed by atoms with Gasteiger partial charge in [0, 0.05) is 38.1 Å². The Labute approximate surface area is 150 Å². The summed E-state index contributed by atoms with van der Waals surface area (Å²) >= 11 is 0. The van der Waals surface area contributed by atoms with Crippen LogP contribution in [0, 0.1) is 5.92 Å². The molecule has 1 aromatic rings. The van der Waals surface area contributed by atoms with Crippen molar-refractivity contribution in [2.45, 2.75) is 38.0 Å². The van der Waals surface area contributed by atoms with Gasteiger partial charge >= 0.3 is 6.18 Å². The molecular weight excluding hydrogens is 349 g/mol. The molecule has 2 amide bonds. The quantitative estimate of drug-likeness (QED) is 0.821. The number of hydrogen-bond acceptors (Lipinski definition) is 4. The fourth-order valence-corrected chi connectivity index (χ4v) is 3.04. The van der Waals surface area contributed by atoms with Crippen LogP contribution in [-0.2, 0) is 16.1 Å². The van der Waals surface area contributed by atoms with E-state index in [-0.39, 0.29) is 11.8 Å². The fourth-order valence-electron chi connectivity index (χ4n) is 3.04. The van der Waals surface area contributed by atoms with Gasteiger partial charge in [-0.15, -0.1) is 0 Å². The largest absolute Gasteiger partial charge is 0.397 e. The number of nitrogens with one attached hydrogen (secondary N) is 2. The molecule has 2 heterocycles. The lowest BCUT2D eigenvalue weighted by atomic mass is 10.0. The summed E-state index contributed by atoms with van der Waals surface area (Å²) in [6.45, 7) is 1.28. The summed E-state index contributed by atoms with van der Waals surface area (Å²) in [4.78, 5) is 29.7. The monoisotopic (exact) mass is 372 g/mol. The minimum absolute atomic E-state index is 0.108. The third-order valence-corrected chi connectivity index (χ3v) is 4.21. The molecule has 2 N–H and O–H groups in total. The molecule has 0 saturated carbocycles. The van der Waals surface area contributed by atoms with Crippen molar-refractivity contribution >= 4 is 11.8 Å². The van der Waals surface area contributed by atoms with Crippen LogP contribution in [0.25, 0.3) is 0 Å². The summed E-state index contributed by atoms with van der Waals surface area (Å²) < 4.78 is 36.8. The van der Waals surface area contributed by atoms with Gasteiger partial charge in [0.25, 0.3) is 0 Å². The van der Waals surface area contributed by atoms with Gasteiger partial charge in [-0.2, -0.15) is 13.2 Å². The average molecular weight is 372 g/mol. The maximum atomic E-state index is 12.4. The van der Waals surface area contributed by atoms with Gasteiger partial charge in [-0.3, -0.25) is 14.6 Å². The van der Waals surface area contributed by atoms with Crippen LogP contribution in [0.1, 0.15) is 24.8 Å². The highest BCUT2D eigenvalue weighted by Crippen LogP contribution is 2.20. The molecule has 0 spiro atoms. The first-order valence-electron chi connectivity index (χ1n) is 8.44. The van der Waals surface area contributed by atoms with Gasteiger partial charge in [-0.25, -0.2) is 0 Å². The van der Waals surface area contributed by atoms with Crippen molar-refractivity contribution in [3.63, 3.8) is 0 Å². The van der Waals surface area contributed by atoms with Gasteiger partial charge in [-0.05, 0) is 31.5 Å². The Morgan fingerprint density at radius 1 is 1.31 bits per heavy atom. The second kappa shape index (κ2) is 8.98. The first kappa shape index (κ1) is 20.2. The predicted octanol–water partition coefficient (Wildman–Crippen LogP) is 1.48. The number of alkyl halides is 3. The zero-order chi connectivity index (χ0) is 19.2. The van der Waals surface area contributed by atoms with Crippen LogP contribution in [-0.4, -0.2) is 54.1 Å². The van der Waals surface area contributed by atoms with E-state index in [1.807, 2.05) is 11.0 Å². The Hall–Kier alpha value is -2.16. The molecule has 0 unspecified atom stereocenters. The minimum atomic E-state index is -4.52. The Kier molecular flexibility index (Phi) is 6.96. The van der Waals surface area contributed by atoms with Gasteiger partial charge < -0.3 is 15.5 Å². The van der Waals surface area contributed by atoms with E-state index in [0.29, 0.717) is 32.5 Å². The van der Waals surface area contributed by atoms with Crippen LogP contribution in [0.15, 0.2) is 24.5 Å². The number of rotatable bonds is 5. The molecule has 2 atom stereocenters. The minimum Gasteiger partial charge on any atom is -0.352 e. The number of hydrogen-bond donors (Lipinski definition) is 2. The molecule has 0 aromatic carbocycles. The second-order valence-corrected chi connectivity index (χ2v) is 6.63. The summed E-state index contributed by atoms with van der Waals surface area (Å²) in [6.07, 6.45) is -1.72. The average Bonchev–Trinajstić information content (AvgIpc) is 2.73. The number of aromatic nitrogens is 1. The molecule has 9 heteroatoms. The first-order valence-corrected chi connectivity index (χ1v) is 8.44. The van der Waals surface area contributed by atoms with Gasteiger partial charge in [0.1, 0.15) is 6.42 Å². The molecule has 0 aliphatic carbocycles. The number of likely N-dealkylation sites (N-methyl/N-ethyl adjacent to an activating group) is 1. The van der Waals surface area contributed by atoms with Crippen LogP contribution in [0.2, 0.25) is 0 Å². The standard InChI is InChI=1S/C17H23F3N4O2/c1-24-10-13(16(26)22-9-12-3-2-6-21-8-12)4-5-14(11-24)23-15(25)7-17(18,19)20/h2-3,6,8,13-14H,4-5,7,9-11H2,1H3,(H,22,26)(H,23,25)/t13-,14+/m1/s1. The van der Waals surface area contributed by atoms with E-state index < -0.39 is 24.5 Å². The van der Waals surface area contributed by atoms with Crippen LogP contribution in [0.5, 0.6) is 0 Å². The van der Waals surface area contributed by atoms with Gasteiger partial charge in [-0.1, -0.05) is 6.07 Å². The van der Waals surface area contributed by atoms with E-state index in [1.54, 1.807) is 25.5 Å². The molecule has 1 fully saturated rings. The Morgan fingerprint density at radius 3 is 2.73 bits per heavy atom. The number of carbonyl (C=O) groups is 2. The normalized spacial score (nSPS) is 21.7. The van der Waals surface area contributed by atoms with Crippen LogP contribution < -0.4 is 10.6 Å². The van der Waals surface area contributed by atoms with Crippen molar-refractivity contribution in [1.82, 2.24) is 20.5 Å². The molecule has 144 valence electrons. The number of halogens is 3. The molecule has 26 heavy (non-hydrogen) atoms. The molecule has 0 radical (unpaired) electrons. The first-order chi connectivity index (χ1) is 12.2. The van der Waals surface area contributed by atoms with E-state index in [2.05, 4.69) is 15.6 Å². The molecule has 0 bridgehead atoms. The fraction of sp³-hybridized carbons (Fsp3) is 0.588. The van der Waals surface area contributed by atoms with Crippen LogP contribution in [0.4, 0.5) is 13.2 Å². The Bertz CT molecular complexity index is 610. The highest BCUT2D eigenvalue weighted by atomic mass is 19.4. The van der Waals surface area contributed by atoms with Gasteiger partial charge in [0.15, 0.2) is 0 Å². The summed E-state index contributed by atoms with van der Waals surface area (Å²) in [5.74, 6) is -1.42. The number of amides is 2. The van der Waals surface area contributed by atoms with Gasteiger partial charge in [0.2, 0.25) is 11.8 Å². The third-order valence-electron chi connectivity index (χ3n) is 4.21. The lowest BCUT2D eigenvalue weighted by molar-refractivity contribution is -0.154. The Balaban J connectivity index is 1.83. The zero-order valence-corrected chi connectivity index (χ0v) is 14.6. The van der Waals surface area contributed by atoms with Crippen molar-refractivity contribution in [2.24, 2.45) is 5.92 Å². The van der Waals surface area contributed by atoms with Crippen molar-refractivity contribution in [3.8, 4) is 0 Å². The molecule has 6 nitrogen and oxygen atoms in total. The second-order valence-electron chi connectivity index (χ2n) is 6.63. The molecular formula is C17H23F3N4O2. The highest BCUT2D eigenvalue weighted by Gasteiger charge is 2.33. The predicted molar refractivity (Wildman–Crippen MR) is 88.9 cm³/mol. The lowest BCUT2D eigenvalue weighted by Crippen LogP contribution is -2.43. The number of likely N-dealkylation sites (tertiary alicyclic amines) is 1. The zero-order valence-electron chi connectivity index (χ0n) is 14.6. The topological polar surface area (TPSA) is 74.3 Å². The molecule has 1 saturated heterocycles. The maximum absolute atomic E-state index is 12.4. The third kappa shape index (κ3) is 6.99. The molecule has 1 aromatic heterocycles. The molecule has 1 aliphatic rings. The van der Waals surface area contributed by atoms with E-state index in [9.17, 15) is 22.8 Å². The van der Waals surface area contributed by atoms with Crippen LogP contribution in [0.3, 0.4) is 0 Å². The summed E-state index contributed by atoms with van der Waals surface area (Å²) in [5, 5.41) is 5.28. The summed E-state index contributed by atoms with van der Waals surface area (Å²) in [5.41, 5.74) is 0.889. The van der Waals surface area contributed by atoms with Gasteiger partial charge in [0.05, 0.1) is 5.92 Å². The summed E-state index contributed by atoms with van der Waals surface area (Å²) in [6, 6.07) is 3.25. The number of nitrogens with zero attached hydrogens (tertiary/aromatic N) is 2. The van der Waals surface area contributed by atoms with E-state index >= 15 is 0 Å². The van der Waals surface area contributed by atoms with Crippen LogP contribution >= 0.6 is 0 Å².